The van der Waals surface area contributed by atoms with Gasteiger partial charge in [-0.05, 0) is 98.2 Å². The van der Waals surface area contributed by atoms with E-state index in [-0.39, 0.29) is 0 Å². The quantitative estimate of drug-likeness (QED) is 0.496. The van der Waals surface area contributed by atoms with Gasteiger partial charge >= 0.3 is 0 Å². The largest absolute Gasteiger partial charge is 0.387 e. The van der Waals surface area contributed by atoms with Crippen molar-refractivity contribution in [3.05, 3.63) is 0 Å². The molecule has 0 heterocycles. The normalized spacial score (nSPS) is 48.7. The highest BCUT2D eigenvalue weighted by Gasteiger charge is 2.67. The molecule has 4 fully saturated rings. The summed E-state index contributed by atoms with van der Waals surface area (Å²) in [5, 5.41) is 32.8. The van der Waals surface area contributed by atoms with Gasteiger partial charge in [-0.1, -0.05) is 53.9 Å². The summed E-state index contributed by atoms with van der Waals surface area (Å²) in [5.74, 6) is 2.50. The smallest absolute Gasteiger partial charge is 0.195 e. The molecule has 0 bridgehead atoms. The summed E-state index contributed by atoms with van der Waals surface area (Å²) < 4.78 is 0. The Bertz CT molecular complexity index is 615. The zero-order chi connectivity index (χ0) is 21.9. The first-order chi connectivity index (χ1) is 14.0. The average Bonchev–Trinajstić information content (AvgIpc) is 3.03. The van der Waals surface area contributed by atoms with Crippen molar-refractivity contribution in [1.82, 2.24) is 0 Å². The molecule has 3 nitrogen and oxygen atoms in total. The highest BCUT2D eigenvalue weighted by atomic mass is 16.5. The van der Waals surface area contributed by atoms with Crippen LogP contribution in [0.2, 0.25) is 0 Å². The summed E-state index contributed by atoms with van der Waals surface area (Å²) in [6.07, 6.45) is 11.9. The fourth-order valence-electron chi connectivity index (χ4n) is 9.39. The van der Waals surface area contributed by atoms with Crippen LogP contribution in [0.1, 0.15) is 105 Å². The summed E-state index contributed by atoms with van der Waals surface area (Å²) in [6.45, 7) is 11.9. The van der Waals surface area contributed by atoms with Gasteiger partial charge in [0.2, 0.25) is 0 Å². The molecule has 30 heavy (non-hydrogen) atoms. The zero-order valence-corrected chi connectivity index (χ0v) is 20.2. The van der Waals surface area contributed by atoms with E-state index in [1.807, 2.05) is 0 Å². The van der Waals surface area contributed by atoms with Crippen LogP contribution in [0, 0.1) is 52.3 Å². The first-order valence-corrected chi connectivity index (χ1v) is 13.2. The SMILES string of the molecule is CC(C)CCC[C@@H](C)[C@H]1CC[C@H]2[C@@H]3CC[C@@H]4CCC(O)C(O)(O)[C@]4(C)[C@H]3CC[C@]12C. The van der Waals surface area contributed by atoms with Gasteiger partial charge in [0.25, 0.3) is 0 Å². The van der Waals surface area contributed by atoms with Crippen LogP contribution in [0.5, 0.6) is 0 Å². The third kappa shape index (κ3) is 3.32. The van der Waals surface area contributed by atoms with Crippen molar-refractivity contribution >= 4 is 0 Å². The van der Waals surface area contributed by atoms with Gasteiger partial charge in [-0.25, -0.2) is 0 Å². The molecule has 9 atom stereocenters. The maximum absolute atomic E-state index is 11.1. The van der Waals surface area contributed by atoms with Crippen molar-refractivity contribution in [2.75, 3.05) is 0 Å². The molecule has 174 valence electrons. The fraction of sp³-hybridized carbons (Fsp3) is 1.00. The lowest BCUT2D eigenvalue weighted by Gasteiger charge is -2.64. The number of aliphatic hydroxyl groups is 3. The first-order valence-electron chi connectivity index (χ1n) is 13.2. The molecule has 0 aromatic carbocycles. The van der Waals surface area contributed by atoms with E-state index < -0.39 is 17.3 Å². The third-order valence-electron chi connectivity index (χ3n) is 11.2. The fourth-order valence-corrected chi connectivity index (χ4v) is 9.39. The standard InChI is InChI=1S/C27H48O3/c1-17(2)7-6-8-18(3)21-12-13-22-20-11-9-19-10-14-24(28)27(29,30)26(19,5)23(20)15-16-25(21,22)4/h17-24,28-30H,6-16H2,1-5H3/t18-,19-,20+,21-,22+,23+,24?,25-,26+/m1/s1. The second-order valence-electron chi connectivity index (χ2n) is 12.8. The Labute approximate surface area is 185 Å². The van der Waals surface area contributed by atoms with Crippen LogP contribution in [-0.2, 0) is 0 Å². The van der Waals surface area contributed by atoms with Crippen LogP contribution < -0.4 is 0 Å². The van der Waals surface area contributed by atoms with Crippen molar-refractivity contribution in [2.45, 2.75) is 117 Å². The maximum Gasteiger partial charge on any atom is 0.195 e. The minimum atomic E-state index is -1.94. The molecule has 0 aliphatic heterocycles. The first kappa shape index (κ1) is 23.1. The van der Waals surface area contributed by atoms with Crippen LogP contribution in [0.15, 0.2) is 0 Å². The molecule has 0 spiro atoms. The number of rotatable bonds is 5. The van der Waals surface area contributed by atoms with Crippen LogP contribution in [0.25, 0.3) is 0 Å². The molecule has 0 radical (unpaired) electrons. The summed E-state index contributed by atoms with van der Waals surface area (Å²) in [4.78, 5) is 0. The van der Waals surface area contributed by atoms with E-state index in [2.05, 4.69) is 34.6 Å². The van der Waals surface area contributed by atoms with E-state index >= 15 is 0 Å². The Hall–Kier alpha value is -0.120. The summed E-state index contributed by atoms with van der Waals surface area (Å²) in [6, 6.07) is 0. The van der Waals surface area contributed by atoms with Gasteiger partial charge in [0.15, 0.2) is 5.79 Å². The summed E-state index contributed by atoms with van der Waals surface area (Å²) in [5.41, 5.74) is -0.141. The number of aliphatic hydroxyl groups excluding tert-OH is 1. The second kappa shape index (κ2) is 8.03. The molecule has 4 aliphatic rings. The molecule has 4 rings (SSSR count). The topological polar surface area (TPSA) is 60.7 Å². The second-order valence-corrected chi connectivity index (χ2v) is 12.8. The molecule has 3 heteroatoms. The lowest BCUT2D eigenvalue weighted by Crippen LogP contribution is -2.68. The predicted octanol–water partition coefficient (Wildman–Crippen LogP) is 5.76. The predicted molar refractivity (Wildman–Crippen MR) is 122 cm³/mol. The third-order valence-corrected chi connectivity index (χ3v) is 11.2. The van der Waals surface area contributed by atoms with Crippen LogP contribution >= 0.6 is 0 Å². The summed E-state index contributed by atoms with van der Waals surface area (Å²) >= 11 is 0. The number of hydrogen-bond acceptors (Lipinski definition) is 3. The van der Waals surface area contributed by atoms with E-state index in [1.54, 1.807) is 0 Å². The van der Waals surface area contributed by atoms with Crippen molar-refractivity contribution in [1.29, 1.82) is 0 Å². The van der Waals surface area contributed by atoms with E-state index in [9.17, 15) is 15.3 Å². The van der Waals surface area contributed by atoms with Crippen LogP contribution in [0.3, 0.4) is 0 Å². The highest BCUT2D eigenvalue weighted by Crippen LogP contribution is 2.69. The van der Waals surface area contributed by atoms with Crippen molar-refractivity contribution in [2.24, 2.45) is 52.3 Å². The number of hydrogen-bond donors (Lipinski definition) is 3. The molecule has 4 aliphatic carbocycles. The lowest BCUT2D eigenvalue weighted by molar-refractivity contribution is -0.349. The van der Waals surface area contributed by atoms with Crippen LogP contribution in [0.4, 0.5) is 0 Å². The van der Waals surface area contributed by atoms with E-state index in [0.29, 0.717) is 29.6 Å². The Kier molecular flexibility index (Phi) is 6.17. The molecule has 0 amide bonds. The molecule has 4 saturated carbocycles. The van der Waals surface area contributed by atoms with Gasteiger partial charge in [-0.15, -0.1) is 0 Å². The summed E-state index contributed by atoms with van der Waals surface area (Å²) in [7, 11) is 0. The van der Waals surface area contributed by atoms with Crippen molar-refractivity contribution in [3.8, 4) is 0 Å². The zero-order valence-electron chi connectivity index (χ0n) is 20.2. The Morgan fingerprint density at radius 2 is 1.53 bits per heavy atom. The van der Waals surface area contributed by atoms with Crippen molar-refractivity contribution < 1.29 is 15.3 Å². The van der Waals surface area contributed by atoms with Crippen LogP contribution in [-0.4, -0.2) is 27.2 Å². The average molecular weight is 421 g/mol. The van der Waals surface area contributed by atoms with Gasteiger partial charge in [-0.2, -0.15) is 0 Å². The van der Waals surface area contributed by atoms with Gasteiger partial charge in [0, 0.05) is 5.41 Å². The van der Waals surface area contributed by atoms with Gasteiger partial charge in [-0.3, -0.25) is 0 Å². The lowest BCUT2D eigenvalue weighted by atomic mass is 9.43. The Morgan fingerprint density at radius 3 is 2.23 bits per heavy atom. The van der Waals surface area contributed by atoms with Gasteiger partial charge < -0.3 is 15.3 Å². The molecular weight excluding hydrogens is 372 g/mol. The molecular formula is C27H48O3. The highest BCUT2D eigenvalue weighted by molar-refractivity contribution is 5.13. The van der Waals surface area contributed by atoms with E-state index in [1.165, 1.54) is 44.9 Å². The Morgan fingerprint density at radius 1 is 0.833 bits per heavy atom. The Balaban J connectivity index is 1.53. The van der Waals surface area contributed by atoms with Gasteiger partial charge in [0.1, 0.15) is 6.10 Å². The minimum Gasteiger partial charge on any atom is -0.387 e. The molecule has 0 aromatic heterocycles. The molecule has 0 saturated heterocycles. The molecule has 3 N–H and O–H groups in total. The maximum atomic E-state index is 11.1. The molecule has 1 unspecified atom stereocenters. The van der Waals surface area contributed by atoms with E-state index in [0.717, 1.165) is 42.9 Å². The van der Waals surface area contributed by atoms with E-state index in [4.69, 9.17) is 0 Å². The van der Waals surface area contributed by atoms with Crippen molar-refractivity contribution in [3.63, 3.8) is 0 Å². The van der Waals surface area contributed by atoms with Gasteiger partial charge in [0.05, 0.1) is 0 Å². The minimum absolute atomic E-state index is 0.341. The number of fused-ring (bicyclic) bond motifs is 5. The molecule has 0 aromatic rings. The monoisotopic (exact) mass is 420 g/mol.